The van der Waals surface area contributed by atoms with E-state index in [0.29, 0.717) is 19.4 Å². The second-order valence-corrected chi connectivity index (χ2v) is 8.03. The summed E-state index contributed by atoms with van der Waals surface area (Å²) in [6, 6.07) is 0. The minimum absolute atomic E-state index is 0.00738. The molecule has 0 radical (unpaired) electrons. The zero-order valence-corrected chi connectivity index (χ0v) is 17.7. The molecule has 1 rings (SSSR count). The Kier molecular flexibility index (Phi) is 12.2. The zero-order chi connectivity index (χ0) is 19.3. The van der Waals surface area contributed by atoms with Gasteiger partial charge in [-0.3, -0.25) is 4.79 Å². The highest BCUT2D eigenvalue weighted by molar-refractivity contribution is 5.69. The van der Waals surface area contributed by atoms with E-state index in [-0.39, 0.29) is 18.2 Å². The molecule has 0 bridgehead atoms. The minimum Gasteiger partial charge on any atom is -0.466 e. The van der Waals surface area contributed by atoms with Crippen molar-refractivity contribution in [1.29, 1.82) is 0 Å². The van der Waals surface area contributed by atoms with Gasteiger partial charge in [-0.15, -0.1) is 0 Å². The van der Waals surface area contributed by atoms with Gasteiger partial charge in [0, 0.05) is 6.42 Å². The van der Waals surface area contributed by atoms with Crippen LogP contribution in [0.3, 0.4) is 0 Å². The predicted octanol–water partition coefficient (Wildman–Crippen LogP) is 6.16. The van der Waals surface area contributed by atoms with Crippen molar-refractivity contribution in [3.8, 4) is 0 Å². The lowest BCUT2D eigenvalue weighted by atomic mass is 10.0. The lowest BCUT2D eigenvalue weighted by Gasteiger charge is -2.16. The van der Waals surface area contributed by atoms with E-state index < -0.39 is 5.79 Å². The van der Waals surface area contributed by atoms with Gasteiger partial charge in [0.1, 0.15) is 0 Å². The first-order chi connectivity index (χ1) is 12.5. The number of carbonyl (C=O) groups is 1. The molecule has 0 spiro atoms. The van der Waals surface area contributed by atoms with Gasteiger partial charge in [-0.05, 0) is 33.6 Å². The fourth-order valence-electron chi connectivity index (χ4n) is 3.72. The summed E-state index contributed by atoms with van der Waals surface area (Å²) in [7, 11) is 0. The van der Waals surface area contributed by atoms with Crippen molar-refractivity contribution in [2.24, 2.45) is 0 Å². The van der Waals surface area contributed by atoms with Crippen molar-refractivity contribution in [1.82, 2.24) is 0 Å². The van der Waals surface area contributed by atoms with Crippen LogP contribution < -0.4 is 0 Å². The molecule has 0 unspecified atom stereocenters. The van der Waals surface area contributed by atoms with Gasteiger partial charge < -0.3 is 14.2 Å². The topological polar surface area (TPSA) is 44.8 Å². The maximum absolute atomic E-state index is 11.6. The highest BCUT2D eigenvalue weighted by atomic mass is 16.7. The summed E-state index contributed by atoms with van der Waals surface area (Å²) in [6.45, 7) is 8.46. The first-order valence-corrected chi connectivity index (χ1v) is 11.0. The Balaban J connectivity index is 2.13. The Labute approximate surface area is 161 Å². The number of hydrogen-bond acceptors (Lipinski definition) is 4. The summed E-state index contributed by atoms with van der Waals surface area (Å²) in [4.78, 5) is 11.6. The lowest BCUT2D eigenvalue weighted by molar-refractivity contribution is -0.151. The Bertz CT molecular complexity index is 367. The first-order valence-electron chi connectivity index (χ1n) is 11.0. The summed E-state index contributed by atoms with van der Waals surface area (Å²) in [5, 5.41) is 0. The molecule has 4 nitrogen and oxygen atoms in total. The van der Waals surface area contributed by atoms with Crippen LogP contribution in [-0.4, -0.2) is 30.6 Å². The molecular formula is C22H42O4. The van der Waals surface area contributed by atoms with E-state index in [9.17, 15) is 4.79 Å². The molecule has 0 aromatic carbocycles. The van der Waals surface area contributed by atoms with Crippen molar-refractivity contribution in [3.05, 3.63) is 0 Å². The van der Waals surface area contributed by atoms with E-state index in [2.05, 4.69) is 6.92 Å². The number of unbranched alkanes of at least 4 members (excludes halogenated alkanes) is 9. The highest BCUT2D eigenvalue weighted by Gasteiger charge is 2.40. The fraction of sp³-hybridized carbons (Fsp3) is 0.955. The Morgan fingerprint density at radius 1 is 0.808 bits per heavy atom. The SMILES string of the molecule is CCCCCCCCCCCC[C@@H]1OC(C)(C)O[C@H]1CCC(=O)OCC. The van der Waals surface area contributed by atoms with E-state index in [4.69, 9.17) is 14.2 Å². The third-order valence-electron chi connectivity index (χ3n) is 5.07. The molecule has 26 heavy (non-hydrogen) atoms. The van der Waals surface area contributed by atoms with Crippen LogP contribution >= 0.6 is 0 Å². The van der Waals surface area contributed by atoms with Gasteiger partial charge in [-0.2, -0.15) is 0 Å². The van der Waals surface area contributed by atoms with Gasteiger partial charge in [-0.25, -0.2) is 0 Å². The number of ether oxygens (including phenoxy) is 3. The third kappa shape index (κ3) is 10.5. The van der Waals surface area contributed by atoms with Crippen LogP contribution in [-0.2, 0) is 19.0 Å². The number of carbonyl (C=O) groups excluding carboxylic acids is 1. The second-order valence-electron chi connectivity index (χ2n) is 8.03. The van der Waals surface area contributed by atoms with Crippen molar-refractivity contribution >= 4 is 5.97 Å². The molecule has 1 aliphatic heterocycles. The van der Waals surface area contributed by atoms with Crippen molar-refractivity contribution in [2.45, 2.75) is 129 Å². The molecule has 1 saturated heterocycles. The Hall–Kier alpha value is -0.610. The lowest BCUT2D eigenvalue weighted by Crippen LogP contribution is -2.24. The van der Waals surface area contributed by atoms with E-state index in [1.165, 1.54) is 64.2 Å². The van der Waals surface area contributed by atoms with Crippen LogP contribution in [0.1, 0.15) is 111 Å². The fourth-order valence-corrected chi connectivity index (χ4v) is 3.72. The molecule has 0 saturated carbocycles. The third-order valence-corrected chi connectivity index (χ3v) is 5.07. The molecule has 1 heterocycles. The van der Waals surface area contributed by atoms with Crippen molar-refractivity contribution < 1.29 is 19.0 Å². The maximum Gasteiger partial charge on any atom is 0.305 e. The molecule has 0 aromatic rings. The molecule has 0 N–H and O–H groups in total. The maximum atomic E-state index is 11.6. The van der Waals surface area contributed by atoms with Gasteiger partial charge in [0.05, 0.1) is 18.8 Å². The van der Waals surface area contributed by atoms with Crippen LogP contribution in [0.15, 0.2) is 0 Å². The van der Waals surface area contributed by atoms with E-state index in [0.717, 1.165) is 6.42 Å². The molecule has 0 amide bonds. The zero-order valence-electron chi connectivity index (χ0n) is 17.7. The monoisotopic (exact) mass is 370 g/mol. The van der Waals surface area contributed by atoms with Gasteiger partial charge in [0.25, 0.3) is 0 Å². The van der Waals surface area contributed by atoms with Gasteiger partial charge in [0.2, 0.25) is 0 Å². The normalized spacial score (nSPS) is 21.8. The van der Waals surface area contributed by atoms with E-state index in [1.54, 1.807) is 0 Å². The number of hydrogen-bond donors (Lipinski definition) is 0. The van der Waals surface area contributed by atoms with Crippen molar-refractivity contribution in [3.63, 3.8) is 0 Å². The molecule has 1 aliphatic rings. The summed E-state index contributed by atoms with van der Waals surface area (Å²) in [6.07, 6.45) is 15.6. The van der Waals surface area contributed by atoms with Gasteiger partial charge >= 0.3 is 5.97 Å². The average molecular weight is 371 g/mol. The smallest absolute Gasteiger partial charge is 0.305 e. The van der Waals surface area contributed by atoms with E-state index in [1.807, 2.05) is 20.8 Å². The summed E-state index contributed by atoms with van der Waals surface area (Å²) in [5.74, 6) is -0.679. The molecule has 0 aliphatic carbocycles. The Morgan fingerprint density at radius 3 is 1.85 bits per heavy atom. The summed E-state index contributed by atoms with van der Waals surface area (Å²) < 4.78 is 17.1. The minimum atomic E-state index is -0.539. The average Bonchev–Trinajstić information content (AvgIpc) is 2.89. The van der Waals surface area contributed by atoms with E-state index >= 15 is 0 Å². The number of esters is 1. The first kappa shape index (κ1) is 23.4. The highest BCUT2D eigenvalue weighted by Crippen LogP contribution is 2.33. The largest absolute Gasteiger partial charge is 0.466 e. The summed E-state index contributed by atoms with van der Waals surface area (Å²) in [5.41, 5.74) is 0. The molecule has 2 atom stereocenters. The molecule has 1 fully saturated rings. The van der Waals surface area contributed by atoms with Crippen molar-refractivity contribution in [2.75, 3.05) is 6.61 Å². The summed E-state index contributed by atoms with van der Waals surface area (Å²) >= 11 is 0. The van der Waals surface area contributed by atoms with Crippen LogP contribution in [0.25, 0.3) is 0 Å². The predicted molar refractivity (Wildman–Crippen MR) is 106 cm³/mol. The van der Waals surface area contributed by atoms with Gasteiger partial charge in [-0.1, -0.05) is 71.1 Å². The standard InChI is InChI=1S/C22H42O4/c1-5-7-8-9-10-11-12-13-14-15-16-19-20(26-22(3,4)25-19)17-18-21(23)24-6-2/h19-20H,5-18H2,1-4H3/t19-,20-/m0/s1. The molecule has 4 heteroatoms. The molecule has 0 aromatic heterocycles. The molecule has 154 valence electrons. The van der Waals surface area contributed by atoms with Crippen LogP contribution in [0.5, 0.6) is 0 Å². The number of rotatable bonds is 15. The molecular weight excluding hydrogens is 328 g/mol. The second kappa shape index (κ2) is 13.5. The van der Waals surface area contributed by atoms with Crippen LogP contribution in [0.4, 0.5) is 0 Å². The van der Waals surface area contributed by atoms with Crippen LogP contribution in [0.2, 0.25) is 0 Å². The van der Waals surface area contributed by atoms with Gasteiger partial charge in [0.15, 0.2) is 5.79 Å². The quantitative estimate of drug-likeness (QED) is 0.256. The Morgan fingerprint density at radius 2 is 1.31 bits per heavy atom. The van der Waals surface area contributed by atoms with Crippen LogP contribution in [0, 0.1) is 0 Å².